The Morgan fingerprint density at radius 1 is 1.33 bits per heavy atom. The standard InChI is InChI=1S/C15H14F2N2O2/c1-3-19(12-8-10(20)5-4-9(12)2)15(21)11-6-7-18-14(17)13(11)16/h4-8,20H,3H2,1-2H3. The van der Waals surface area contributed by atoms with Gasteiger partial charge in [0.2, 0.25) is 5.95 Å². The summed E-state index contributed by atoms with van der Waals surface area (Å²) in [5.74, 6) is -3.29. The second-order valence-corrected chi connectivity index (χ2v) is 4.48. The van der Waals surface area contributed by atoms with Gasteiger partial charge >= 0.3 is 0 Å². The summed E-state index contributed by atoms with van der Waals surface area (Å²) in [7, 11) is 0. The van der Waals surface area contributed by atoms with E-state index in [4.69, 9.17) is 0 Å². The zero-order valence-corrected chi connectivity index (χ0v) is 11.6. The van der Waals surface area contributed by atoms with Gasteiger partial charge in [0, 0.05) is 18.8 Å². The lowest BCUT2D eigenvalue weighted by Crippen LogP contribution is -2.32. The highest BCUT2D eigenvalue weighted by molar-refractivity contribution is 6.06. The fourth-order valence-electron chi connectivity index (χ4n) is 2.04. The van der Waals surface area contributed by atoms with E-state index in [9.17, 15) is 18.7 Å². The number of halogens is 2. The van der Waals surface area contributed by atoms with Gasteiger partial charge < -0.3 is 10.0 Å². The Balaban J connectivity index is 2.48. The minimum atomic E-state index is -1.32. The van der Waals surface area contributed by atoms with Crippen molar-refractivity contribution in [3.05, 3.63) is 53.4 Å². The van der Waals surface area contributed by atoms with Crippen LogP contribution in [0.25, 0.3) is 0 Å². The summed E-state index contributed by atoms with van der Waals surface area (Å²) in [6.45, 7) is 3.71. The topological polar surface area (TPSA) is 53.4 Å². The molecule has 0 spiro atoms. The Hall–Kier alpha value is -2.50. The Morgan fingerprint density at radius 2 is 2.05 bits per heavy atom. The van der Waals surface area contributed by atoms with Crippen LogP contribution in [0.4, 0.5) is 14.5 Å². The summed E-state index contributed by atoms with van der Waals surface area (Å²) in [6.07, 6.45) is 1.04. The van der Waals surface area contributed by atoms with Crippen LogP contribution < -0.4 is 4.90 Å². The summed E-state index contributed by atoms with van der Waals surface area (Å²) in [6, 6.07) is 5.67. The zero-order chi connectivity index (χ0) is 15.6. The summed E-state index contributed by atoms with van der Waals surface area (Å²) in [4.78, 5) is 16.9. The van der Waals surface area contributed by atoms with Gasteiger partial charge in [0.1, 0.15) is 5.75 Å². The minimum absolute atomic E-state index is 0.0109. The smallest absolute Gasteiger partial charge is 0.261 e. The van der Waals surface area contributed by atoms with Crippen molar-refractivity contribution in [2.75, 3.05) is 11.4 Å². The third kappa shape index (κ3) is 2.84. The zero-order valence-electron chi connectivity index (χ0n) is 11.6. The van der Waals surface area contributed by atoms with E-state index in [2.05, 4.69) is 4.98 Å². The SMILES string of the molecule is CCN(C(=O)c1ccnc(F)c1F)c1cc(O)ccc1C. The first-order valence-electron chi connectivity index (χ1n) is 6.37. The molecule has 1 amide bonds. The van der Waals surface area contributed by atoms with Crippen LogP contribution in [0.15, 0.2) is 30.5 Å². The van der Waals surface area contributed by atoms with Crippen molar-refractivity contribution in [1.29, 1.82) is 0 Å². The molecule has 1 N–H and O–H groups in total. The van der Waals surface area contributed by atoms with Crippen LogP contribution in [0.5, 0.6) is 5.75 Å². The number of rotatable bonds is 3. The van der Waals surface area contributed by atoms with Gasteiger partial charge in [-0.2, -0.15) is 4.39 Å². The number of phenolic OH excluding ortho intramolecular Hbond substituents is 1. The molecule has 0 saturated carbocycles. The highest BCUT2D eigenvalue weighted by atomic mass is 19.2. The number of hydrogen-bond acceptors (Lipinski definition) is 3. The van der Waals surface area contributed by atoms with E-state index >= 15 is 0 Å². The quantitative estimate of drug-likeness (QED) is 0.885. The van der Waals surface area contributed by atoms with Crippen LogP contribution in [-0.2, 0) is 0 Å². The first-order chi connectivity index (χ1) is 9.95. The Morgan fingerprint density at radius 3 is 2.71 bits per heavy atom. The normalized spacial score (nSPS) is 10.5. The molecule has 0 radical (unpaired) electrons. The molecule has 2 aromatic rings. The first-order valence-corrected chi connectivity index (χ1v) is 6.37. The first kappa shape index (κ1) is 14.9. The largest absolute Gasteiger partial charge is 0.508 e. The number of aromatic nitrogens is 1. The molecule has 1 aromatic carbocycles. The third-order valence-electron chi connectivity index (χ3n) is 3.12. The maximum Gasteiger partial charge on any atom is 0.261 e. The summed E-state index contributed by atoms with van der Waals surface area (Å²) in [5.41, 5.74) is 0.782. The van der Waals surface area contributed by atoms with E-state index in [0.717, 1.165) is 17.8 Å². The predicted molar refractivity (Wildman–Crippen MR) is 74.3 cm³/mol. The number of carbonyl (C=O) groups is 1. The monoisotopic (exact) mass is 292 g/mol. The summed E-state index contributed by atoms with van der Waals surface area (Å²) < 4.78 is 26.9. The second kappa shape index (κ2) is 5.87. The molecular formula is C15H14F2N2O2. The van der Waals surface area contributed by atoms with Crippen molar-refractivity contribution < 1.29 is 18.7 Å². The highest BCUT2D eigenvalue weighted by Gasteiger charge is 2.23. The molecule has 0 aliphatic heterocycles. The van der Waals surface area contributed by atoms with Gasteiger partial charge in [-0.25, -0.2) is 9.37 Å². The summed E-state index contributed by atoms with van der Waals surface area (Å²) in [5, 5.41) is 9.55. The van der Waals surface area contributed by atoms with Crippen LogP contribution in [0, 0.1) is 18.7 Å². The minimum Gasteiger partial charge on any atom is -0.508 e. The van der Waals surface area contributed by atoms with Gasteiger partial charge in [0.05, 0.1) is 11.3 Å². The molecule has 1 heterocycles. The molecule has 0 aliphatic carbocycles. The fourth-order valence-corrected chi connectivity index (χ4v) is 2.04. The van der Waals surface area contributed by atoms with Crippen LogP contribution in [0.2, 0.25) is 0 Å². The lowest BCUT2D eigenvalue weighted by Gasteiger charge is -2.23. The number of aromatic hydroxyl groups is 1. The van der Waals surface area contributed by atoms with Crippen molar-refractivity contribution in [3.8, 4) is 5.75 Å². The molecule has 110 valence electrons. The van der Waals surface area contributed by atoms with Crippen LogP contribution in [0.1, 0.15) is 22.8 Å². The van der Waals surface area contributed by atoms with Gasteiger partial charge in [-0.05, 0) is 31.5 Å². The Bertz CT molecular complexity index is 689. The molecular weight excluding hydrogens is 278 g/mol. The number of benzene rings is 1. The van der Waals surface area contributed by atoms with Crippen molar-refractivity contribution >= 4 is 11.6 Å². The van der Waals surface area contributed by atoms with E-state index in [0.29, 0.717) is 5.69 Å². The van der Waals surface area contributed by atoms with Gasteiger partial charge in [-0.1, -0.05) is 6.07 Å². The van der Waals surface area contributed by atoms with Crippen molar-refractivity contribution in [3.63, 3.8) is 0 Å². The lowest BCUT2D eigenvalue weighted by atomic mass is 10.1. The third-order valence-corrected chi connectivity index (χ3v) is 3.12. The number of pyridine rings is 1. The van der Waals surface area contributed by atoms with Gasteiger partial charge in [-0.3, -0.25) is 4.79 Å². The van der Waals surface area contributed by atoms with Gasteiger partial charge in [-0.15, -0.1) is 0 Å². The molecule has 0 aliphatic rings. The van der Waals surface area contributed by atoms with Gasteiger partial charge in [0.15, 0.2) is 5.82 Å². The molecule has 0 fully saturated rings. The Kier molecular flexibility index (Phi) is 4.16. The van der Waals surface area contributed by atoms with Crippen LogP contribution in [-0.4, -0.2) is 22.5 Å². The number of anilines is 1. The van der Waals surface area contributed by atoms with Crippen LogP contribution in [0.3, 0.4) is 0 Å². The number of nitrogens with zero attached hydrogens (tertiary/aromatic N) is 2. The van der Waals surface area contributed by atoms with E-state index in [1.54, 1.807) is 19.9 Å². The van der Waals surface area contributed by atoms with E-state index in [1.165, 1.54) is 17.0 Å². The molecule has 1 aromatic heterocycles. The number of amides is 1. The molecule has 21 heavy (non-hydrogen) atoms. The summed E-state index contributed by atoms with van der Waals surface area (Å²) >= 11 is 0. The molecule has 2 rings (SSSR count). The Labute approximate surface area is 120 Å². The average Bonchev–Trinajstić information content (AvgIpc) is 2.46. The second-order valence-electron chi connectivity index (χ2n) is 4.48. The molecule has 0 unspecified atom stereocenters. The van der Waals surface area contributed by atoms with Crippen molar-refractivity contribution in [1.82, 2.24) is 4.98 Å². The molecule has 0 bridgehead atoms. The fraction of sp³-hybridized carbons (Fsp3) is 0.200. The number of phenols is 1. The molecule has 0 atom stereocenters. The maximum atomic E-state index is 13.7. The molecule has 0 saturated heterocycles. The maximum absolute atomic E-state index is 13.7. The van der Waals surface area contributed by atoms with Crippen molar-refractivity contribution in [2.24, 2.45) is 0 Å². The lowest BCUT2D eigenvalue weighted by molar-refractivity contribution is 0.0983. The number of hydrogen-bond donors (Lipinski definition) is 1. The van der Waals surface area contributed by atoms with E-state index in [-0.39, 0.29) is 12.3 Å². The highest BCUT2D eigenvalue weighted by Crippen LogP contribution is 2.26. The average molecular weight is 292 g/mol. The predicted octanol–water partition coefficient (Wildman–Crippen LogP) is 3.04. The molecule has 4 nitrogen and oxygen atoms in total. The van der Waals surface area contributed by atoms with E-state index < -0.39 is 23.2 Å². The van der Waals surface area contributed by atoms with Crippen LogP contribution >= 0.6 is 0 Å². The van der Waals surface area contributed by atoms with Gasteiger partial charge in [0.25, 0.3) is 5.91 Å². The van der Waals surface area contributed by atoms with Crippen molar-refractivity contribution in [2.45, 2.75) is 13.8 Å². The molecule has 6 heteroatoms. The van der Waals surface area contributed by atoms with E-state index in [1.807, 2.05) is 0 Å². The number of aryl methyl sites for hydroxylation is 1. The number of carbonyl (C=O) groups excluding carboxylic acids is 1.